The number of unbranched alkanes of at least 4 members (excludes halogenated alkanes) is 2. The van der Waals surface area contributed by atoms with Crippen LogP contribution in [-0.2, 0) is 11.2 Å². The van der Waals surface area contributed by atoms with Crippen LogP contribution >= 0.6 is 0 Å². The summed E-state index contributed by atoms with van der Waals surface area (Å²) in [4.78, 5) is 10.3. The molecule has 0 amide bonds. The van der Waals surface area contributed by atoms with E-state index in [-0.39, 0.29) is 6.42 Å². The van der Waals surface area contributed by atoms with Crippen LogP contribution in [0.15, 0.2) is 24.3 Å². The molecule has 0 atom stereocenters. The Balaban J connectivity index is 2.13. The fraction of sp³-hybridized carbons (Fsp3) is 0.533. The molecule has 1 N–H and O–H groups in total. The van der Waals surface area contributed by atoms with E-state index >= 15 is 0 Å². The van der Waals surface area contributed by atoms with Crippen LogP contribution in [0.2, 0.25) is 0 Å². The minimum Gasteiger partial charge on any atom is -0.494 e. The summed E-state index contributed by atoms with van der Waals surface area (Å²) in [6.07, 6.45) is 5.06. The number of aryl methyl sites for hydroxylation is 1. The van der Waals surface area contributed by atoms with E-state index in [4.69, 9.17) is 9.84 Å². The highest BCUT2D eigenvalue weighted by molar-refractivity contribution is 5.66. The van der Waals surface area contributed by atoms with Crippen molar-refractivity contribution in [3.05, 3.63) is 29.8 Å². The first-order chi connectivity index (χ1) is 8.72. The molecule has 0 heterocycles. The van der Waals surface area contributed by atoms with Crippen LogP contribution in [0.3, 0.4) is 0 Å². The highest BCUT2D eigenvalue weighted by Gasteiger charge is 1.98. The number of rotatable bonds is 9. The molecule has 3 heteroatoms. The zero-order valence-corrected chi connectivity index (χ0v) is 11.0. The van der Waals surface area contributed by atoms with Crippen molar-refractivity contribution in [1.82, 2.24) is 0 Å². The van der Waals surface area contributed by atoms with Gasteiger partial charge in [-0.2, -0.15) is 0 Å². The second-order valence-electron chi connectivity index (χ2n) is 4.45. The molecular weight excluding hydrogens is 228 g/mol. The Morgan fingerprint density at radius 3 is 2.50 bits per heavy atom. The Bertz CT molecular complexity index is 343. The minimum absolute atomic E-state index is 0.256. The van der Waals surface area contributed by atoms with E-state index in [9.17, 15) is 4.79 Å². The molecule has 0 fully saturated rings. The van der Waals surface area contributed by atoms with Gasteiger partial charge < -0.3 is 9.84 Å². The van der Waals surface area contributed by atoms with Crippen LogP contribution in [0.5, 0.6) is 5.75 Å². The second kappa shape index (κ2) is 8.56. The summed E-state index contributed by atoms with van der Waals surface area (Å²) in [5, 5.41) is 8.49. The SMILES string of the molecule is CCCc1ccc(OCCCCCC(=O)O)cc1. The molecule has 0 aromatic heterocycles. The molecule has 0 aliphatic heterocycles. The molecule has 0 saturated carbocycles. The third-order valence-electron chi connectivity index (χ3n) is 2.77. The molecule has 3 nitrogen and oxygen atoms in total. The highest BCUT2D eigenvalue weighted by atomic mass is 16.5. The summed E-state index contributed by atoms with van der Waals surface area (Å²) in [6.45, 7) is 2.83. The molecule has 0 bridgehead atoms. The lowest BCUT2D eigenvalue weighted by molar-refractivity contribution is -0.137. The quantitative estimate of drug-likeness (QED) is 0.680. The van der Waals surface area contributed by atoms with Gasteiger partial charge in [-0.15, -0.1) is 0 Å². The predicted octanol–water partition coefficient (Wildman–Crippen LogP) is 3.66. The van der Waals surface area contributed by atoms with Crippen LogP contribution in [0.4, 0.5) is 0 Å². The van der Waals surface area contributed by atoms with E-state index in [1.165, 1.54) is 5.56 Å². The van der Waals surface area contributed by atoms with Crippen LogP contribution in [0, 0.1) is 0 Å². The third kappa shape index (κ3) is 6.28. The smallest absolute Gasteiger partial charge is 0.303 e. The number of ether oxygens (including phenoxy) is 1. The van der Waals surface area contributed by atoms with E-state index < -0.39 is 5.97 Å². The fourth-order valence-corrected chi connectivity index (χ4v) is 1.79. The molecule has 0 aliphatic carbocycles. The van der Waals surface area contributed by atoms with Crippen molar-refractivity contribution in [1.29, 1.82) is 0 Å². The van der Waals surface area contributed by atoms with Gasteiger partial charge in [0.05, 0.1) is 6.61 Å². The summed E-state index contributed by atoms with van der Waals surface area (Å²) in [7, 11) is 0. The molecule has 0 aliphatic rings. The van der Waals surface area contributed by atoms with Gasteiger partial charge in [-0.05, 0) is 43.4 Å². The number of hydrogen-bond donors (Lipinski definition) is 1. The van der Waals surface area contributed by atoms with Gasteiger partial charge in [0.15, 0.2) is 0 Å². The fourth-order valence-electron chi connectivity index (χ4n) is 1.79. The van der Waals surface area contributed by atoms with Crippen molar-refractivity contribution < 1.29 is 14.6 Å². The Hall–Kier alpha value is -1.51. The summed E-state index contributed by atoms with van der Waals surface area (Å²) in [6, 6.07) is 8.21. The topological polar surface area (TPSA) is 46.5 Å². The Morgan fingerprint density at radius 1 is 1.17 bits per heavy atom. The molecule has 1 aromatic carbocycles. The standard InChI is InChI=1S/C15H22O3/c1-2-6-13-8-10-14(11-9-13)18-12-5-3-4-7-15(16)17/h8-11H,2-7,12H2,1H3,(H,16,17). The minimum atomic E-state index is -0.720. The third-order valence-corrected chi connectivity index (χ3v) is 2.77. The number of carbonyl (C=O) groups is 1. The average Bonchev–Trinajstić information content (AvgIpc) is 2.35. The molecule has 1 aromatic rings. The van der Waals surface area contributed by atoms with E-state index in [0.29, 0.717) is 6.61 Å². The first kappa shape index (κ1) is 14.6. The lowest BCUT2D eigenvalue weighted by Gasteiger charge is -2.06. The molecule has 100 valence electrons. The van der Waals surface area contributed by atoms with Crippen molar-refractivity contribution >= 4 is 5.97 Å². The number of carboxylic acids is 1. The van der Waals surface area contributed by atoms with Gasteiger partial charge >= 0.3 is 5.97 Å². The van der Waals surface area contributed by atoms with Gasteiger partial charge in [-0.1, -0.05) is 25.5 Å². The van der Waals surface area contributed by atoms with Gasteiger partial charge in [-0.3, -0.25) is 4.79 Å². The van der Waals surface area contributed by atoms with Crippen LogP contribution in [-0.4, -0.2) is 17.7 Å². The summed E-state index contributed by atoms with van der Waals surface area (Å²) >= 11 is 0. The van der Waals surface area contributed by atoms with Gasteiger partial charge in [-0.25, -0.2) is 0 Å². The predicted molar refractivity (Wildman–Crippen MR) is 72.0 cm³/mol. The molecule has 18 heavy (non-hydrogen) atoms. The van der Waals surface area contributed by atoms with Gasteiger partial charge in [0, 0.05) is 6.42 Å². The van der Waals surface area contributed by atoms with E-state index in [2.05, 4.69) is 19.1 Å². The number of benzene rings is 1. The maximum absolute atomic E-state index is 10.3. The van der Waals surface area contributed by atoms with Crippen molar-refractivity contribution in [3.63, 3.8) is 0 Å². The monoisotopic (exact) mass is 250 g/mol. The zero-order valence-electron chi connectivity index (χ0n) is 11.0. The average molecular weight is 250 g/mol. The van der Waals surface area contributed by atoms with Crippen LogP contribution in [0.25, 0.3) is 0 Å². The second-order valence-corrected chi connectivity index (χ2v) is 4.45. The summed E-state index contributed by atoms with van der Waals surface area (Å²) in [5.41, 5.74) is 1.34. The molecule has 0 unspecified atom stereocenters. The molecule has 0 spiro atoms. The molecule has 0 radical (unpaired) electrons. The van der Waals surface area contributed by atoms with E-state index in [1.54, 1.807) is 0 Å². The van der Waals surface area contributed by atoms with Crippen molar-refractivity contribution in [2.75, 3.05) is 6.61 Å². The number of carboxylic acid groups (broad SMARTS) is 1. The van der Waals surface area contributed by atoms with Crippen molar-refractivity contribution in [3.8, 4) is 5.75 Å². The summed E-state index contributed by atoms with van der Waals surface area (Å²) in [5.74, 6) is 0.176. The van der Waals surface area contributed by atoms with Gasteiger partial charge in [0.25, 0.3) is 0 Å². The lowest BCUT2D eigenvalue weighted by atomic mass is 10.1. The lowest BCUT2D eigenvalue weighted by Crippen LogP contribution is -1.99. The zero-order chi connectivity index (χ0) is 13.2. The van der Waals surface area contributed by atoms with Gasteiger partial charge in [0.1, 0.15) is 5.75 Å². The largest absolute Gasteiger partial charge is 0.494 e. The Labute approximate surface area is 109 Å². The summed E-state index contributed by atoms with van der Waals surface area (Å²) < 4.78 is 5.60. The molecule has 1 rings (SSSR count). The van der Waals surface area contributed by atoms with Crippen molar-refractivity contribution in [2.45, 2.75) is 45.4 Å². The Morgan fingerprint density at radius 2 is 1.89 bits per heavy atom. The van der Waals surface area contributed by atoms with Crippen molar-refractivity contribution in [2.24, 2.45) is 0 Å². The number of aliphatic carboxylic acids is 1. The first-order valence-electron chi connectivity index (χ1n) is 6.66. The van der Waals surface area contributed by atoms with Crippen LogP contribution < -0.4 is 4.74 Å². The molecule has 0 saturated heterocycles. The number of hydrogen-bond acceptors (Lipinski definition) is 2. The van der Waals surface area contributed by atoms with Gasteiger partial charge in [0.2, 0.25) is 0 Å². The maximum atomic E-state index is 10.3. The van der Waals surface area contributed by atoms with Crippen LogP contribution in [0.1, 0.15) is 44.6 Å². The van der Waals surface area contributed by atoms with E-state index in [0.717, 1.165) is 37.9 Å². The maximum Gasteiger partial charge on any atom is 0.303 e. The Kier molecular flexibility index (Phi) is 6.92. The van der Waals surface area contributed by atoms with E-state index in [1.807, 2.05) is 12.1 Å². The highest BCUT2D eigenvalue weighted by Crippen LogP contribution is 2.14. The first-order valence-corrected chi connectivity index (χ1v) is 6.66. The molecular formula is C15H22O3. The normalized spacial score (nSPS) is 10.3.